The SMILES string of the molecule is CC(C)COc1cccc(CNC(=O)NC[C@H]2CN(C)CCN2C)c1. The van der Waals surface area contributed by atoms with Gasteiger partial charge in [0.05, 0.1) is 6.61 Å². The van der Waals surface area contributed by atoms with Crippen molar-refractivity contribution in [3.05, 3.63) is 29.8 Å². The van der Waals surface area contributed by atoms with Gasteiger partial charge in [0.15, 0.2) is 0 Å². The monoisotopic (exact) mass is 348 g/mol. The summed E-state index contributed by atoms with van der Waals surface area (Å²) in [6.07, 6.45) is 0. The molecule has 1 aliphatic rings. The highest BCUT2D eigenvalue weighted by Crippen LogP contribution is 2.14. The van der Waals surface area contributed by atoms with Gasteiger partial charge in [-0.15, -0.1) is 0 Å². The van der Waals surface area contributed by atoms with E-state index in [1.54, 1.807) is 0 Å². The van der Waals surface area contributed by atoms with Crippen LogP contribution in [0.2, 0.25) is 0 Å². The lowest BCUT2D eigenvalue weighted by atomic mass is 10.2. The fourth-order valence-corrected chi connectivity index (χ4v) is 2.79. The topological polar surface area (TPSA) is 56.8 Å². The third kappa shape index (κ3) is 6.92. The number of carbonyl (C=O) groups excluding carboxylic acids is 1. The highest BCUT2D eigenvalue weighted by Gasteiger charge is 2.22. The lowest BCUT2D eigenvalue weighted by molar-refractivity contribution is 0.114. The highest BCUT2D eigenvalue weighted by atomic mass is 16.5. The van der Waals surface area contributed by atoms with Crippen LogP contribution in [0.5, 0.6) is 5.75 Å². The van der Waals surface area contributed by atoms with Gasteiger partial charge in [-0.25, -0.2) is 4.79 Å². The molecule has 1 aliphatic heterocycles. The Morgan fingerprint density at radius 3 is 2.84 bits per heavy atom. The molecular weight excluding hydrogens is 316 g/mol. The Balaban J connectivity index is 1.73. The second-order valence-electron chi connectivity index (χ2n) is 7.31. The first-order valence-corrected chi connectivity index (χ1v) is 9.06. The molecule has 6 heteroatoms. The van der Waals surface area contributed by atoms with Crippen molar-refractivity contribution in [3.8, 4) is 5.75 Å². The van der Waals surface area contributed by atoms with E-state index < -0.39 is 0 Å². The first-order valence-electron chi connectivity index (χ1n) is 9.06. The summed E-state index contributed by atoms with van der Waals surface area (Å²) in [7, 11) is 4.23. The number of amides is 2. The zero-order valence-corrected chi connectivity index (χ0v) is 15.9. The van der Waals surface area contributed by atoms with E-state index in [1.807, 2.05) is 24.3 Å². The number of nitrogens with zero attached hydrogens (tertiary/aromatic N) is 2. The number of hydrogen-bond acceptors (Lipinski definition) is 4. The van der Waals surface area contributed by atoms with Crippen LogP contribution in [0.1, 0.15) is 19.4 Å². The van der Waals surface area contributed by atoms with E-state index in [4.69, 9.17) is 4.74 Å². The molecule has 1 fully saturated rings. The zero-order chi connectivity index (χ0) is 18.2. The second kappa shape index (κ2) is 9.63. The van der Waals surface area contributed by atoms with E-state index >= 15 is 0 Å². The van der Waals surface area contributed by atoms with Gasteiger partial charge in [-0.1, -0.05) is 26.0 Å². The number of carbonyl (C=O) groups is 1. The minimum atomic E-state index is -0.130. The number of rotatable bonds is 7. The van der Waals surface area contributed by atoms with Crippen molar-refractivity contribution in [3.63, 3.8) is 0 Å². The number of likely N-dealkylation sites (N-methyl/N-ethyl adjacent to an activating group) is 2. The number of piperazine rings is 1. The molecule has 0 unspecified atom stereocenters. The van der Waals surface area contributed by atoms with Crippen LogP contribution in [0, 0.1) is 5.92 Å². The Morgan fingerprint density at radius 2 is 2.08 bits per heavy atom. The molecule has 1 aromatic rings. The second-order valence-corrected chi connectivity index (χ2v) is 7.31. The van der Waals surface area contributed by atoms with Crippen molar-refractivity contribution in [2.45, 2.75) is 26.4 Å². The fraction of sp³-hybridized carbons (Fsp3) is 0.632. The molecule has 0 aromatic heterocycles. The summed E-state index contributed by atoms with van der Waals surface area (Å²) in [5, 5.41) is 5.90. The van der Waals surface area contributed by atoms with Gasteiger partial charge in [0, 0.05) is 38.8 Å². The smallest absolute Gasteiger partial charge is 0.315 e. The van der Waals surface area contributed by atoms with Crippen molar-refractivity contribution in [1.29, 1.82) is 0 Å². The van der Waals surface area contributed by atoms with E-state index in [0.29, 0.717) is 31.7 Å². The van der Waals surface area contributed by atoms with Crippen LogP contribution in [0.3, 0.4) is 0 Å². The van der Waals surface area contributed by atoms with Crippen LogP contribution < -0.4 is 15.4 Å². The largest absolute Gasteiger partial charge is 0.493 e. The van der Waals surface area contributed by atoms with Gasteiger partial charge in [0.2, 0.25) is 0 Å². The molecule has 1 heterocycles. The minimum absolute atomic E-state index is 0.130. The van der Waals surface area contributed by atoms with Crippen molar-refractivity contribution in [2.24, 2.45) is 5.92 Å². The van der Waals surface area contributed by atoms with Gasteiger partial charge in [-0.05, 0) is 37.7 Å². The van der Waals surface area contributed by atoms with Crippen molar-refractivity contribution in [1.82, 2.24) is 20.4 Å². The van der Waals surface area contributed by atoms with Gasteiger partial charge in [-0.2, -0.15) is 0 Å². The molecule has 0 saturated carbocycles. The standard InChI is InChI=1S/C19H32N4O2/c1-15(2)14-25-18-7-5-6-16(10-18)11-20-19(24)21-12-17-13-22(3)8-9-23(17)4/h5-7,10,15,17H,8-9,11-14H2,1-4H3,(H2,20,21,24)/t17-/m0/s1. The van der Waals surface area contributed by atoms with E-state index in [1.165, 1.54) is 0 Å². The molecule has 1 aromatic carbocycles. The maximum absolute atomic E-state index is 12.1. The average molecular weight is 348 g/mol. The normalized spacial score (nSPS) is 19.0. The van der Waals surface area contributed by atoms with Crippen LogP contribution >= 0.6 is 0 Å². The van der Waals surface area contributed by atoms with E-state index in [-0.39, 0.29) is 6.03 Å². The molecule has 0 spiro atoms. The summed E-state index contributed by atoms with van der Waals surface area (Å²) >= 11 is 0. The fourth-order valence-electron chi connectivity index (χ4n) is 2.79. The molecule has 1 saturated heterocycles. The lowest BCUT2D eigenvalue weighted by Gasteiger charge is -2.37. The quantitative estimate of drug-likeness (QED) is 0.788. The van der Waals surface area contributed by atoms with E-state index in [9.17, 15) is 4.79 Å². The predicted octanol–water partition coefficient (Wildman–Crippen LogP) is 1.77. The minimum Gasteiger partial charge on any atom is -0.493 e. The molecule has 6 nitrogen and oxygen atoms in total. The summed E-state index contributed by atoms with van der Waals surface area (Å²) in [5.41, 5.74) is 1.03. The Hall–Kier alpha value is -1.79. The summed E-state index contributed by atoms with van der Waals surface area (Å²) in [6.45, 7) is 9.18. The van der Waals surface area contributed by atoms with Crippen LogP contribution in [-0.4, -0.2) is 68.8 Å². The first-order chi connectivity index (χ1) is 11.9. The lowest BCUT2D eigenvalue weighted by Crippen LogP contribution is -2.55. The first kappa shape index (κ1) is 19.5. The Morgan fingerprint density at radius 1 is 1.28 bits per heavy atom. The molecule has 25 heavy (non-hydrogen) atoms. The molecule has 2 amide bonds. The summed E-state index contributed by atoms with van der Waals surface area (Å²) in [4.78, 5) is 16.7. The van der Waals surface area contributed by atoms with Crippen molar-refractivity contribution < 1.29 is 9.53 Å². The number of benzene rings is 1. The number of urea groups is 1. The number of ether oxygens (including phenoxy) is 1. The molecule has 2 rings (SSSR count). The Bertz CT molecular complexity index is 550. The van der Waals surface area contributed by atoms with Gasteiger partial charge in [-0.3, -0.25) is 4.90 Å². The third-order valence-corrected chi connectivity index (χ3v) is 4.41. The Kier molecular flexibility index (Phi) is 7.52. The molecule has 0 bridgehead atoms. The molecule has 0 aliphatic carbocycles. The maximum Gasteiger partial charge on any atom is 0.315 e. The van der Waals surface area contributed by atoms with Crippen LogP contribution in [0.4, 0.5) is 4.79 Å². The van der Waals surface area contributed by atoms with Crippen LogP contribution in [0.15, 0.2) is 24.3 Å². The summed E-state index contributed by atoms with van der Waals surface area (Å²) in [6, 6.07) is 8.10. The van der Waals surface area contributed by atoms with Gasteiger partial charge in [0.1, 0.15) is 5.75 Å². The van der Waals surface area contributed by atoms with Gasteiger partial charge >= 0.3 is 6.03 Å². The third-order valence-electron chi connectivity index (χ3n) is 4.41. The Labute approximate surface area is 151 Å². The maximum atomic E-state index is 12.1. The molecule has 1 atom stereocenters. The van der Waals surface area contributed by atoms with Crippen molar-refractivity contribution >= 4 is 6.03 Å². The van der Waals surface area contributed by atoms with Crippen LogP contribution in [-0.2, 0) is 6.54 Å². The van der Waals surface area contributed by atoms with Crippen molar-refractivity contribution in [2.75, 3.05) is 46.9 Å². The predicted molar refractivity (Wildman–Crippen MR) is 101 cm³/mol. The molecule has 140 valence electrons. The molecule has 2 N–H and O–H groups in total. The van der Waals surface area contributed by atoms with E-state index in [0.717, 1.165) is 30.9 Å². The molecule has 0 radical (unpaired) electrons. The summed E-state index contributed by atoms with van der Waals surface area (Å²) in [5.74, 6) is 1.34. The number of nitrogens with one attached hydrogen (secondary N) is 2. The highest BCUT2D eigenvalue weighted by molar-refractivity contribution is 5.73. The zero-order valence-electron chi connectivity index (χ0n) is 15.9. The molecular formula is C19H32N4O2. The van der Waals surface area contributed by atoms with E-state index in [2.05, 4.69) is 48.4 Å². The summed E-state index contributed by atoms with van der Waals surface area (Å²) < 4.78 is 5.73. The van der Waals surface area contributed by atoms with Gasteiger partial charge in [0.25, 0.3) is 0 Å². The average Bonchev–Trinajstić information content (AvgIpc) is 2.59. The van der Waals surface area contributed by atoms with Crippen LogP contribution in [0.25, 0.3) is 0 Å². The number of hydrogen-bond donors (Lipinski definition) is 2. The van der Waals surface area contributed by atoms with Gasteiger partial charge < -0.3 is 20.3 Å².